The molecule has 1 N–H and O–H groups in total. The highest BCUT2D eigenvalue weighted by atomic mass is 127. The highest BCUT2D eigenvalue weighted by molar-refractivity contribution is 14.1. The number of rotatable bonds is 2. The number of hydrogen-bond acceptors (Lipinski definition) is 2. The molecule has 0 saturated carbocycles. The van der Waals surface area contributed by atoms with E-state index in [1.54, 1.807) is 10.9 Å². The predicted octanol–water partition coefficient (Wildman–Crippen LogP) is 2.41. The van der Waals surface area contributed by atoms with E-state index < -0.39 is 6.10 Å². The number of hydrogen-bond donors (Lipinski definition) is 1. The van der Waals surface area contributed by atoms with Crippen molar-refractivity contribution in [2.45, 2.75) is 13.0 Å². The highest BCUT2D eigenvalue weighted by Gasteiger charge is 2.15. The van der Waals surface area contributed by atoms with E-state index in [-0.39, 0.29) is 0 Å². The monoisotopic (exact) mass is 328 g/mol. The van der Waals surface area contributed by atoms with Crippen LogP contribution in [0.4, 0.5) is 0 Å². The van der Waals surface area contributed by atoms with Gasteiger partial charge in [-0.2, -0.15) is 5.10 Å². The molecule has 3 nitrogen and oxygen atoms in total. The Hall–Kier alpha value is -0.880. The van der Waals surface area contributed by atoms with Crippen molar-refractivity contribution >= 4 is 22.6 Å². The first kappa shape index (κ1) is 11.6. The summed E-state index contributed by atoms with van der Waals surface area (Å²) in [6, 6.07) is 5.96. The van der Waals surface area contributed by atoms with Gasteiger partial charge in [0.1, 0.15) is 6.10 Å². The maximum Gasteiger partial charge on any atom is 0.108 e. The number of aliphatic hydroxyl groups is 1. The second-order valence-electron chi connectivity index (χ2n) is 3.83. The molecule has 1 unspecified atom stereocenters. The lowest BCUT2D eigenvalue weighted by Gasteiger charge is -2.12. The Balaban J connectivity index is 2.41. The number of benzene rings is 1. The van der Waals surface area contributed by atoms with Crippen LogP contribution >= 0.6 is 22.6 Å². The zero-order valence-corrected chi connectivity index (χ0v) is 11.3. The Morgan fingerprint density at radius 1 is 1.44 bits per heavy atom. The van der Waals surface area contributed by atoms with Crippen LogP contribution in [0.2, 0.25) is 0 Å². The van der Waals surface area contributed by atoms with Crippen LogP contribution in [-0.4, -0.2) is 14.9 Å². The lowest BCUT2D eigenvalue weighted by Crippen LogP contribution is -2.02. The van der Waals surface area contributed by atoms with E-state index in [0.29, 0.717) is 0 Å². The van der Waals surface area contributed by atoms with Gasteiger partial charge in [0.15, 0.2) is 0 Å². The van der Waals surface area contributed by atoms with E-state index in [2.05, 4.69) is 27.7 Å². The van der Waals surface area contributed by atoms with Crippen molar-refractivity contribution in [1.82, 2.24) is 9.78 Å². The van der Waals surface area contributed by atoms with Crippen molar-refractivity contribution in [2.24, 2.45) is 7.05 Å². The van der Waals surface area contributed by atoms with Gasteiger partial charge in [-0.25, -0.2) is 0 Å². The van der Waals surface area contributed by atoms with Gasteiger partial charge in [-0.15, -0.1) is 0 Å². The predicted molar refractivity (Wildman–Crippen MR) is 71.2 cm³/mol. The molecule has 0 radical (unpaired) electrons. The maximum atomic E-state index is 10.3. The highest BCUT2D eigenvalue weighted by Crippen LogP contribution is 2.27. The molecule has 0 amide bonds. The fourth-order valence-electron chi connectivity index (χ4n) is 1.64. The van der Waals surface area contributed by atoms with Gasteiger partial charge in [-0.05, 0) is 40.6 Å². The molecular weight excluding hydrogens is 315 g/mol. The number of nitrogens with zero attached hydrogens (tertiary/aromatic N) is 2. The third kappa shape index (κ3) is 2.12. The van der Waals surface area contributed by atoms with E-state index in [1.165, 1.54) is 5.56 Å². The van der Waals surface area contributed by atoms with Crippen molar-refractivity contribution < 1.29 is 5.11 Å². The van der Waals surface area contributed by atoms with Crippen molar-refractivity contribution in [3.63, 3.8) is 0 Å². The number of aliphatic hydroxyl groups excluding tert-OH is 1. The van der Waals surface area contributed by atoms with Crippen molar-refractivity contribution in [2.75, 3.05) is 0 Å². The second-order valence-corrected chi connectivity index (χ2v) is 4.91. The number of halogens is 1. The van der Waals surface area contributed by atoms with Crippen LogP contribution in [0.3, 0.4) is 0 Å². The summed E-state index contributed by atoms with van der Waals surface area (Å²) in [7, 11) is 1.84. The average Bonchev–Trinajstić information content (AvgIpc) is 2.68. The van der Waals surface area contributed by atoms with E-state index in [1.807, 2.05) is 38.4 Å². The van der Waals surface area contributed by atoms with Gasteiger partial charge >= 0.3 is 0 Å². The fraction of sp³-hybridized carbons (Fsp3) is 0.250. The SMILES string of the molecule is Cc1cccc(C(O)c2cnn(C)c2)c1I. The molecule has 1 aromatic heterocycles. The zero-order chi connectivity index (χ0) is 11.7. The summed E-state index contributed by atoms with van der Waals surface area (Å²) in [5.74, 6) is 0. The third-order valence-electron chi connectivity index (χ3n) is 2.56. The van der Waals surface area contributed by atoms with Crippen LogP contribution in [-0.2, 0) is 7.05 Å². The molecular formula is C12H13IN2O. The maximum absolute atomic E-state index is 10.3. The zero-order valence-electron chi connectivity index (χ0n) is 9.18. The van der Waals surface area contributed by atoms with E-state index >= 15 is 0 Å². The Morgan fingerprint density at radius 2 is 2.19 bits per heavy atom. The fourth-order valence-corrected chi connectivity index (χ4v) is 2.30. The van der Waals surface area contributed by atoms with Crippen LogP contribution in [0.15, 0.2) is 30.6 Å². The van der Waals surface area contributed by atoms with Gasteiger partial charge < -0.3 is 5.11 Å². The topological polar surface area (TPSA) is 38.1 Å². The first-order valence-corrected chi connectivity index (χ1v) is 6.09. The molecule has 0 fully saturated rings. The lowest BCUT2D eigenvalue weighted by molar-refractivity contribution is 0.219. The molecule has 1 aromatic carbocycles. The quantitative estimate of drug-likeness (QED) is 0.860. The Labute approximate surface area is 108 Å². The van der Waals surface area contributed by atoms with Gasteiger partial charge in [0.2, 0.25) is 0 Å². The molecule has 2 rings (SSSR count). The normalized spacial score (nSPS) is 12.8. The van der Waals surface area contributed by atoms with Crippen LogP contribution < -0.4 is 0 Å². The van der Waals surface area contributed by atoms with Gasteiger partial charge in [-0.1, -0.05) is 18.2 Å². The molecule has 84 valence electrons. The van der Waals surface area contributed by atoms with Gasteiger partial charge in [0, 0.05) is 22.4 Å². The summed E-state index contributed by atoms with van der Waals surface area (Å²) in [5, 5.41) is 14.3. The molecule has 1 atom stereocenters. The lowest BCUT2D eigenvalue weighted by atomic mass is 10.0. The number of aryl methyl sites for hydroxylation is 2. The smallest absolute Gasteiger partial charge is 0.108 e. The van der Waals surface area contributed by atoms with E-state index in [4.69, 9.17) is 0 Å². The molecule has 0 aliphatic rings. The molecule has 16 heavy (non-hydrogen) atoms. The van der Waals surface area contributed by atoms with Crippen LogP contribution in [0.1, 0.15) is 22.8 Å². The minimum atomic E-state index is -0.597. The van der Waals surface area contributed by atoms with E-state index in [9.17, 15) is 5.11 Å². The van der Waals surface area contributed by atoms with Crippen molar-refractivity contribution in [3.05, 3.63) is 50.9 Å². The summed E-state index contributed by atoms with van der Waals surface area (Å²) < 4.78 is 2.80. The van der Waals surface area contributed by atoms with Crippen molar-refractivity contribution in [3.8, 4) is 0 Å². The minimum absolute atomic E-state index is 0.597. The third-order valence-corrected chi connectivity index (χ3v) is 4.03. The first-order chi connectivity index (χ1) is 7.59. The van der Waals surface area contributed by atoms with Crippen LogP contribution in [0, 0.1) is 10.5 Å². The molecule has 0 aliphatic heterocycles. The molecule has 0 bridgehead atoms. The second kappa shape index (κ2) is 4.55. The molecule has 4 heteroatoms. The van der Waals surface area contributed by atoms with Crippen molar-refractivity contribution in [1.29, 1.82) is 0 Å². The van der Waals surface area contributed by atoms with Gasteiger partial charge in [-0.3, -0.25) is 4.68 Å². The summed E-state index contributed by atoms with van der Waals surface area (Å²) in [6.07, 6.45) is 2.94. The Bertz CT molecular complexity index is 507. The molecule has 1 heterocycles. The molecule has 0 aliphatic carbocycles. The summed E-state index contributed by atoms with van der Waals surface area (Å²) >= 11 is 2.27. The van der Waals surface area contributed by atoms with Gasteiger partial charge in [0.05, 0.1) is 6.20 Å². The molecule has 0 saturated heterocycles. The van der Waals surface area contributed by atoms with E-state index in [0.717, 1.165) is 14.7 Å². The molecule has 0 spiro atoms. The Morgan fingerprint density at radius 3 is 2.81 bits per heavy atom. The summed E-state index contributed by atoms with van der Waals surface area (Å²) in [5.41, 5.74) is 2.95. The first-order valence-electron chi connectivity index (χ1n) is 5.01. The number of aromatic nitrogens is 2. The standard InChI is InChI=1S/C12H13IN2O/c1-8-4-3-5-10(11(8)13)12(16)9-6-14-15(2)7-9/h3-7,12,16H,1-2H3. The van der Waals surface area contributed by atoms with Crippen LogP contribution in [0.5, 0.6) is 0 Å². The molecule has 2 aromatic rings. The summed E-state index contributed by atoms with van der Waals surface area (Å²) in [6.45, 7) is 2.04. The summed E-state index contributed by atoms with van der Waals surface area (Å²) in [4.78, 5) is 0. The minimum Gasteiger partial charge on any atom is -0.384 e. The average molecular weight is 328 g/mol. The Kier molecular flexibility index (Phi) is 3.30. The van der Waals surface area contributed by atoms with Crippen LogP contribution in [0.25, 0.3) is 0 Å². The van der Waals surface area contributed by atoms with Gasteiger partial charge in [0.25, 0.3) is 0 Å². The largest absolute Gasteiger partial charge is 0.384 e.